The Bertz CT molecular complexity index is 684. The Hall–Kier alpha value is -2.81. The molecule has 28 heavy (non-hydrogen) atoms. The van der Waals surface area contributed by atoms with Crippen molar-refractivity contribution in [2.24, 2.45) is 0 Å². The van der Waals surface area contributed by atoms with Crippen molar-refractivity contribution in [2.75, 3.05) is 19.0 Å². The Balaban J connectivity index is 0.000000409. The van der Waals surface area contributed by atoms with E-state index in [1.165, 1.54) is 12.8 Å². The molecule has 2 fully saturated rings. The van der Waals surface area contributed by atoms with Crippen LogP contribution in [-0.2, 0) is 14.4 Å². The highest BCUT2D eigenvalue weighted by Crippen LogP contribution is 2.34. The van der Waals surface area contributed by atoms with E-state index in [9.17, 15) is 4.79 Å². The van der Waals surface area contributed by atoms with Crippen molar-refractivity contribution in [3.63, 3.8) is 0 Å². The molecule has 0 bridgehead atoms. The van der Waals surface area contributed by atoms with E-state index < -0.39 is 11.9 Å². The van der Waals surface area contributed by atoms with E-state index in [-0.39, 0.29) is 18.1 Å². The number of carboxylic acids is 2. The molecular formula is C19H26N2O7. The number of carbonyl (C=O) groups excluding carboxylic acids is 1. The molecule has 4 N–H and O–H groups in total. The SMILES string of the molecule is COc1ccc(NC(=O)C2CCCN2)cc1OC1CCCC1.O=C(O)C(=O)O. The van der Waals surface area contributed by atoms with E-state index in [2.05, 4.69) is 10.6 Å². The molecule has 1 saturated heterocycles. The molecule has 1 atom stereocenters. The van der Waals surface area contributed by atoms with Gasteiger partial charge in [-0.25, -0.2) is 9.59 Å². The standard InChI is InChI=1S/C17H24N2O3.C2H2O4/c1-21-15-9-8-12(19-17(20)14-7-4-10-18-14)11-16(15)22-13-5-2-3-6-13;3-1(4)2(5)6/h8-9,11,13-14,18H,2-7,10H2,1H3,(H,19,20);(H,3,4)(H,5,6). The number of methoxy groups -OCH3 is 1. The monoisotopic (exact) mass is 394 g/mol. The van der Waals surface area contributed by atoms with Crippen molar-refractivity contribution < 1.29 is 34.1 Å². The Labute approximate surface area is 163 Å². The minimum absolute atomic E-state index is 0.0227. The van der Waals surface area contributed by atoms with Crippen LogP contribution in [0.3, 0.4) is 0 Å². The second-order valence-electron chi connectivity index (χ2n) is 6.64. The third-order valence-corrected chi connectivity index (χ3v) is 4.59. The number of carboxylic acid groups (broad SMARTS) is 2. The summed E-state index contributed by atoms with van der Waals surface area (Å²) in [4.78, 5) is 30.4. The summed E-state index contributed by atoms with van der Waals surface area (Å²) >= 11 is 0. The molecule has 1 saturated carbocycles. The summed E-state index contributed by atoms with van der Waals surface area (Å²) < 4.78 is 11.4. The maximum atomic E-state index is 12.2. The summed E-state index contributed by atoms with van der Waals surface area (Å²) in [6.45, 7) is 0.913. The smallest absolute Gasteiger partial charge is 0.414 e. The Kier molecular flexibility index (Phi) is 8.06. The summed E-state index contributed by atoms with van der Waals surface area (Å²) in [5, 5.41) is 21.0. The van der Waals surface area contributed by atoms with Gasteiger partial charge in [-0.1, -0.05) is 0 Å². The quantitative estimate of drug-likeness (QED) is 0.556. The zero-order valence-electron chi connectivity index (χ0n) is 15.8. The van der Waals surface area contributed by atoms with E-state index >= 15 is 0 Å². The zero-order chi connectivity index (χ0) is 20.5. The maximum absolute atomic E-state index is 12.2. The summed E-state index contributed by atoms with van der Waals surface area (Å²) in [6, 6.07) is 5.49. The number of ether oxygens (including phenoxy) is 2. The number of aliphatic carboxylic acids is 2. The first-order valence-electron chi connectivity index (χ1n) is 9.26. The molecule has 1 aromatic carbocycles. The van der Waals surface area contributed by atoms with Crippen molar-refractivity contribution in [1.82, 2.24) is 5.32 Å². The van der Waals surface area contributed by atoms with Crippen LogP contribution in [0.25, 0.3) is 0 Å². The Morgan fingerprint density at radius 1 is 1.04 bits per heavy atom. The average molecular weight is 394 g/mol. The number of amides is 1. The summed E-state index contributed by atoms with van der Waals surface area (Å²) in [6.07, 6.45) is 6.83. The number of rotatable bonds is 5. The molecular weight excluding hydrogens is 368 g/mol. The summed E-state index contributed by atoms with van der Waals surface area (Å²) in [5.41, 5.74) is 0.757. The molecule has 1 aromatic rings. The first kappa shape index (κ1) is 21.5. The van der Waals surface area contributed by atoms with Crippen molar-refractivity contribution in [3.05, 3.63) is 18.2 Å². The molecule has 1 aliphatic heterocycles. The van der Waals surface area contributed by atoms with Crippen molar-refractivity contribution in [1.29, 1.82) is 0 Å². The van der Waals surface area contributed by atoms with Gasteiger partial charge >= 0.3 is 11.9 Å². The van der Waals surface area contributed by atoms with Crippen molar-refractivity contribution >= 4 is 23.5 Å². The van der Waals surface area contributed by atoms with Crippen LogP contribution in [0.2, 0.25) is 0 Å². The summed E-state index contributed by atoms with van der Waals surface area (Å²) in [7, 11) is 1.64. The lowest BCUT2D eigenvalue weighted by atomic mass is 10.2. The highest BCUT2D eigenvalue weighted by molar-refractivity contribution is 6.27. The topological polar surface area (TPSA) is 134 Å². The molecule has 1 aliphatic carbocycles. The Morgan fingerprint density at radius 2 is 1.71 bits per heavy atom. The molecule has 0 spiro atoms. The molecule has 1 heterocycles. The molecule has 1 unspecified atom stereocenters. The van der Waals surface area contributed by atoms with E-state index in [0.717, 1.165) is 37.9 Å². The molecule has 154 valence electrons. The predicted molar refractivity (Wildman–Crippen MR) is 101 cm³/mol. The van der Waals surface area contributed by atoms with Crippen LogP contribution in [0.5, 0.6) is 11.5 Å². The molecule has 0 radical (unpaired) electrons. The van der Waals surface area contributed by atoms with Gasteiger partial charge in [0.15, 0.2) is 11.5 Å². The lowest BCUT2D eigenvalue weighted by Crippen LogP contribution is -2.35. The van der Waals surface area contributed by atoms with Crippen LogP contribution in [0.1, 0.15) is 38.5 Å². The van der Waals surface area contributed by atoms with Gasteiger partial charge in [0.1, 0.15) is 0 Å². The van der Waals surface area contributed by atoms with Crippen LogP contribution in [0.15, 0.2) is 18.2 Å². The first-order valence-corrected chi connectivity index (χ1v) is 9.26. The number of anilines is 1. The number of nitrogens with one attached hydrogen (secondary N) is 2. The molecule has 2 aliphatic rings. The van der Waals surface area contributed by atoms with E-state index in [4.69, 9.17) is 29.3 Å². The average Bonchev–Trinajstić information content (AvgIpc) is 3.36. The number of carbonyl (C=O) groups is 3. The number of benzene rings is 1. The number of hydrogen-bond acceptors (Lipinski definition) is 6. The largest absolute Gasteiger partial charge is 0.493 e. The van der Waals surface area contributed by atoms with Crippen LogP contribution in [0, 0.1) is 0 Å². The highest BCUT2D eigenvalue weighted by atomic mass is 16.5. The molecule has 0 aromatic heterocycles. The van der Waals surface area contributed by atoms with Gasteiger partial charge in [0.2, 0.25) is 5.91 Å². The predicted octanol–water partition coefficient (Wildman–Crippen LogP) is 1.86. The molecule has 9 heteroatoms. The first-order chi connectivity index (χ1) is 13.4. The molecule has 3 rings (SSSR count). The van der Waals surface area contributed by atoms with Gasteiger partial charge in [-0.15, -0.1) is 0 Å². The van der Waals surface area contributed by atoms with Gasteiger partial charge in [-0.2, -0.15) is 0 Å². The lowest BCUT2D eigenvalue weighted by molar-refractivity contribution is -0.159. The van der Waals surface area contributed by atoms with Crippen LogP contribution in [-0.4, -0.2) is 53.9 Å². The fourth-order valence-electron chi connectivity index (χ4n) is 3.17. The van der Waals surface area contributed by atoms with E-state index in [1.807, 2.05) is 18.2 Å². The van der Waals surface area contributed by atoms with Gasteiger partial charge in [-0.05, 0) is 57.2 Å². The van der Waals surface area contributed by atoms with Gasteiger partial charge in [0, 0.05) is 11.8 Å². The normalized spacial score (nSPS) is 18.7. The van der Waals surface area contributed by atoms with Gasteiger partial charge in [-0.3, -0.25) is 4.79 Å². The van der Waals surface area contributed by atoms with Crippen molar-refractivity contribution in [2.45, 2.75) is 50.7 Å². The second-order valence-corrected chi connectivity index (χ2v) is 6.64. The second kappa shape index (κ2) is 10.5. The fourth-order valence-corrected chi connectivity index (χ4v) is 3.17. The zero-order valence-corrected chi connectivity index (χ0v) is 15.8. The minimum Gasteiger partial charge on any atom is -0.493 e. The van der Waals surface area contributed by atoms with Crippen LogP contribution in [0.4, 0.5) is 5.69 Å². The maximum Gasteiger partial charge on any atom is 0.414 e. The van der Waals surface area contributed by atoms with E-state index in [1.54, 1.807) is 7.11 Å². The minimum atomic E-state index is -1.82. The third kappa shape index (κ3) is 6.41. The van der Waals surface area contributed by atoms with E-state index in [0.29, 0.717) is 11.5 Å². The van der Waals surface area contributed by atoms with Crippen LogP contribution < -0.4 is 20.1 Å². The molecule has 1 amide bonds. The van der Waals surface area contributed by atoms with Crippen LogP contribution >= 0.6 is 0 Å². The lowest BCUT2D eigenvalue weighted by Gasteiger charge is -2.17. The fraction of sp³-hybridized carbons (Fsp3) is 0.526. The van der Waals surface area contributed by atoms with Crippen molar-refractivity contribution in [3.8, 4) is 11.5 Å². The number of hydrogen-bond donors (Lipinski definition) is 4. The highest BCUT2D eigenvalue weighted by Gasteiger charge is 2.23. The van der Waals surface area contributed by atoms with Gasteiger partial charge in [0.05, 0.1) is 19.3 Å². The molecule has 9 nitrogen and oxygen atoms in total. The van der Waals surface area contributed by atoms with Gasteiger partial charge < -0.3 is 30.3 Å². The Morgan fingerprint density at radius 3 is 2.25 bits per heavy atom. The third-order valence-electron chi connectivity index (χ3n) is 4.59. The summed E-state index contributed by atoms with van der Waals surface area (Å²) in [5.74, 6) is -2.20. The van der Waals surface area contributed by atoms with Gasteiger partial charge in [0.25, 0.3) is 0 Å².